The van der Waals surface area contributed by atoms with Crippen LogP contribution in [0, 0.1) is 0 Å². The zero-order chi connectivity index (χ0) is 28.9. The zero-order valence-electron chi connectivity index (χ0n) is 23.3. The van der Waals surface area contributed by atoms with Gasteiger partial charge in [-0.2, -0.15) is 0 Å². The van der Waals surface area contributed by atoms with E-state index in [1.54, 1.807) is 19.1 Å². The van der Waals surface area contributed by atoms with Crippen LogP contribution in [0.4, 0.5) is 0 Å². The molecule has 0 unspecified atom stereocenters. The number of ether oxygens (including phenoxy) is 5. The second kappa shape index (κ2) is 12.4. The molecule has 8 heteroatoms. The standard InChI is InChI=1S/C33H30BrNO6/c1-37-24-13-10-21(11-14-24)19-35-28(26-18-29(38-2)31(39-3)32(40-4)30(26)33(35)36)16-23-12-15-25(17-27(23)34)41-20-22-8-6-5-7-9-22/h5-18H,19-20H2,1-4H3/b28-16+. The molecule has 4 aromatic carbocycles. The van der Waals surface area contributed by atoms with Gasteiger partial charge in [0.05, 0.1) is 46.2 Å². The topological polar surface area (TPSA) is 66.5 Å². The summed E-state index contributed by atoms with van der Waals surface area (Å²) >= 11 is 3.71. The van der Waals surface area contributed by atoms with Gasteiger partial charge in [-0.1, -0.05) is 64.5 Å². The van der Waals surface area contributed by atoms with Crippen LogP contribution in [-0.4, -0.2) is 39.2 Å². The van der Waals surface area contributed by atoms with Crippen LogP contribution in [0.25, 0.3) is 11.8 Å². The molecule has 41 heavy (non-hydrogen) atoms. The fourth-order valence-corrected chi connectivity index (χ4v) is 5.26. The van der Waals surface area contributed by atoms with Crippen molar-refractivity contribution >= 4 is 33.6 Å². The number of amides is 1. The van der Waals surface area contributed by atoms with E-state index in [-0.39, 0.29) is 5.91 Å². The fourth-order valence-electron chi connectivity index (χ4n) is 4.79. The van der Waals surface area contributed by atoms with E-state index < -0.39 is 0 Å². The van der Waals surface area contributed by atoms with E-state index in [1.807, 2.05) is 84.9 Å². The molecule has 0 atom stereocenters. The number of carbonyl (C=O) groups is 1. The number of hydrogen-bond acceptors (Lipinski definition) is 6. The Labute approximate surface area is 248 Å². The minimum atomic E-state index is -0.196. The smallest absolute Gasteiger partial charge is 0.263 e. The Kier molecular flexibility index (Phi) is 8.50. The van der Waals surface area contributed by atoms with Crippen LogP contribution in [0.1, 0.15) is 32.6 Å². The third-order valence-electron chi connectivity index (χ3n) is 6.87. The fraction of sp³-hybridized carbons (Fsp3) is 0.182. The zero-order valence-corrected chi connectivity index (χ0v) is 24.9. The van der Waals surface area contributed by atoms with Gasteiger partial charge in [-0.25, -0.2) is 0 Å². The molecule has 0 N–H and O–H groups in total. The molecule has 210 valence electrons. The Balaban J connectivity index is 1.56. The van der Waals surface area contributed by atoms with Crippen LogP contribution in [0.3, 0.4) is 0 Å². The summed E-state index contributed by atoms with van der Waals surface area (Å²) in [5.74, 6) is 2.45. The minimum Gasteiger partial charge on any atom is -0.497 e. The van der Waals surface area contributed by atoms with E-state index in [0.717, 1.165) is 32.7 Å². The normalized spacial score (nSPS) is 13.2. The molecule has 0 aromatic heterocycles. The first kappa shape index (κ1) is 28.1. The Morgan fingerprint density at radius 1 is 0.756 bits per heavy atom. The van der Waals surface area contributed by atoms with Crippen molar-refractivity contribution in [2.45, 2.75) is 13.2 Å². The number of methoxy groups -OCH3 is 4. The lowest BCUT2D eigenvalue weighted by molar-refractivity contribution is 0.0840. The van der Waals surface area contributed by atoms with Crippen molar-refractivity contribution in [1.29, 1.82) is 0 Å². The van der Waals surface area contributed by atoms with E-state index in [0.29, 0.717) is 47.2 Å². The van der Waals surface area contributed by atoms with Crippen LogP contribution in [0.2, 0.25) is 0 Å². The van der Waals surface area contributed by atoms with Gasteiger partial charge in [-0.15, -0.1) is 0 Å². The summed E-state index contributed by atoms with van der Waals surface area (Å²) in [5, 5.41) is 0. The maximum absolute atomic E-state index is 14.0. The molecular weight excluding hydrogens is 586 g/mol. The highest BCUT2D eigenvalue weighted by molar-refractivity contribution is 9.10. The summed E-state index contributed by atoms with van der Waals surface area (Å²) in [5.41, 5.74) is 4.72. The number of carbonyl (C=O) groups excluding carboxylic acids is 1. The van der Waals surface area contributed by atoms with Gasteiger partial charge in [0, 0.05) is 10.0 Å². The van der Waals surface area contributed by atoms with Gasteiger partial charge in [-0.05, 0) is 53.1 Å². The second-order valence-corrected chi connectivity index (χ2v) is 10.1. The SMILES string of the molecule is COc1ccc(CN2C(=O)c3c(cc(OC)c(OC)c3OC)/C2=C\c2ccc(OCc3ccccc3)cc2Br)cc1. The number of halogens is 1. The number of hydrogen-bond donors (Lipinski definition) is 0. The summed E-state index contributed by atoms with van der Waals surface area (Å²) in [7, 11) is 6.23. The Morgan fingerprint density at radius 3 is 2.10 bits per heavy atom. The predicted molar refractivity (Wildman–Crippen MR) is 162 cm³/mol. The average Bonchev–Trinajstić information content (AvgIpc) is 3.26. The first-order valence-electron chi connectivity index (χ1n) is 12.9. The van der Waals surface area contributed by atoms with Crippen molar-refractivity contribution in [3.63, 3.8) is 0 Å². The van der Waals surface area contributed by atoms with Crippen LogP contribution in [-0.2, 0) is 13.2 Å². The van der Waals surface area contributed by atoms with Gasteiger partial charge in [0.1, 0.15) is 18.1 Å². The highest BCUT2D eigenvalue weighted by Gasteiger charge is 2.38. The molecule has 1 aliphatic heterocycles. The molecule has 0 radical (unpaired) electrons. The third kappa shape index (κ3) is 5.74. The Hall–Kier alpha value is -4.43. The molecule has 7 nitrogen and oxygen atoms in total. The number of fused-ring (bicyclic) bond motifs is 1. The summed E-state index contributed by atoms with van der Waals surface area (Å²) in [6.45, 7) is 0.805. The Bertz CT molecular complexity index is 1580. The van der Waals surface area contributed by atoms with Crippen LogP contribution >= 0.6 is 15.9 Å². The monoisotopic (exact) mass is 615 g/mol. The van der Waals surface area contributed by atoms with E-state index in [2.05, 4.69) is 15.9 Å². The first-order valence-corrected chi connectivity index (χ1v) is 13.7. The molecule has 0 saturated carbocycles. The van der Waals surface area contributed by atoms with E-state index >= 15 is 0 Å². The lowest BCUT2D eigenvalue weighted by Crippen LogP contribution is -2.23. The van der Waals surface area contributed by atoms with E-state index in [9.17, 15) is 4.79 Å². The van der Waals surface area contributed by atoms with Gasteiger partial charge in [-0.3, -0.25) is 4.79 Å². The number of nitrogens with zero attached hydrogens (tertiary/aromatic N) is 1. The van der Waals surface area contributed by atoms with Crippen molar-refractivity contribution < 1.29 is 28.5 Å². The molecule has 0 saturated heterocycles. The second-order valence-electron chi connectivity index (χ2n) is 9.29. The highest BCUT2D eigenvalue weighted by Crippen LogP contribution is 2.49. The molecule has 5 rings (SSSR count). The van der Waals surface area contributed by atoms with Gasteiger partial charge < -0.3 is 28.6 Å². The average molecular weight is 617 g/mol. The van der Waals surface area contributed by atoms with Crippen LogP contribution in [0.5, 0.6) is 28.7 Å². The summed E-state index contributed by atoms with van der Waals surface area (Å²) in [6, 6.07) is 25.3. The molecule has 0 fully saturated rings. The number of benzene rings is 4. The molecule has 1 aliphatic rings. The molecule has 0 aliphatic carbocycles. The summed E-state index contributed by atoms with van der Waals surface area (Å²) < 4.78 is 29.0. The quantitative estimate of drug-likeness (QED) is 0.188. The molecule has 1 heterocycles. The van der Waals surface area contributed by atoms with Gasteiger partial charge in [0.15, 0.2) is 11.5 Å². The predicted octanol–water partition coefficient (Wildman–Crippen LogP) is 7.22. The van der Waals surface area contributed by atoms with Crippen molar-refractivity contribution in [1.82, 2.24) is 4.90 Å². The van der Waals surface area contributed by atoms with Gasteiger partial charge in [0.25, 0.3) is 5.91 Å². The maximum Gasteiger partial charge on any atom is 0.263 e. The summed E-state index contributed by atoms with van der Waals surface area (Å²) in [6.07, 6.45) is 1.98. The highest BCUT2D eigenvalue weighted by atomic mass is 79.9. The van der Waals surface area contributed by atoms with E-state index in [1.165, 1.54) is 14.2 Å². The van der Waals surface area contributed by atoms with Gasteiger partial charge >= 0.3 is 0 Å². The Morgan fingerprint density at radius 2 is 1.46 bits per heavy atom. The summed E-state index contributed by atoms with van der Waals surface area (Å²) in [4.78, 5) is 15.7. The molecular formula is C33H30BrNO6. The lowest BCUT2D eigenvalue weighted by atomic mass is 10.0. The van der Waals surface area contributed by atoms with Crippen molar-refractivity contribution in [3.05, 3.63) is 111 Å². The van der Waals surface area contributed by atoms with Crippen molar-refractivity contribution in [2.75, 3.05) is 28.4 Å². The van der Waals surface area contributed by atoms with E-state index in [4.69, 9.17) is 23.7 Å². The van der Waals surface area contributed by atoms with Crippen LogP contribution in [0.15, 0.2) is 83.3 Å². The van der Waals surface area contributed by atoms with Crippen molar-refractivity contribution in [3.8, 4) is 28.7 Å². The van der Waals surface area contributed by atoms with Crippen LogP contribution < -0.4 is 23.7 Å². The third-order valence-corrected chi connectivity index (χ3v) is 7.55. The molecule has 4 aromatic rings. The first-order chi connectivity index (χ1) is 20.0. The molecule has 0 bridgehead atoms. The maximum atomic E-state index is 14.0. The molecule has 1 amide bonds. The molecule has 0 spiro atoms. The number of rotatable bonds is 10. The lowest BCUT2D eigenvalue weighted by Gasteiger charge is -2.19. The largest absolute Gasteiger partial charge is 0.497 e. The van der Waals surface area contributed by atoms with Crippen molar-refractivity contribution in [2.24, 2.45) is 0 Å². The minimum absolute atomic E-state index is 0.196. The van der Waals surface area contributed by atoms with Gasteiger partial charge in [0.2, 0.25) is 5.75 Å².